The molecule has 0 aliphatic carbocycles. The molecule has 0 atom stereocenters. The zero-order chi connectivity index (χ0) is 17.5. The third kappa shape index (κ3) is 5.94. The first-order chi connectivity index (χ1) is 12.2. The van der Waals surface area contributed by atoms with Gasteiger partial charge >= 0.3 is 0 Å². The Morgan fingerprint density at radius 1 is 1.27 bits per heavy atom. The number of nitrogens with one attached hydrogen (secondary N) is 3. The second-order valence-electron chi connectivity index (χ2n) is 5.79. The Hall–Kier alpha value is -1.68. The molecule has 26 heavy (non-hydrogen) atoms. The number of fused-ring (bicyclic) bond motifs is 1. The normalized spacial score (nSPS) is 11.4. The molecule has 3 rings (SSSR count). The Kier molecular flexibility index (Phi) is 8.30. The fourth-order valence-electron chi connectivity index (χ4n) is 2.55. The monoisotopic (exact) mass is 484 g/mol. The van der Waals surface area contributed by atoms with Gasteiger partial charge in [-0.1, -0.05) is 12.1 Å². The van der Waals surface area contributed by atoms with Crippen LogP contribution in [0.15, 0.2) is 35.5 Å². The summed E-state index contributed by atoms with van der Waals surface area (Å²) in [5.41, 5.74) is 2.12. The van der Waals surface area contributed by atoms with Crippen molar-refractivity contribution in [1.82, 2.24) is 25.6 Å². The first kappa shape index (κ1) is 20.6. The van der Waals surface area contributed by atoms with Crippen molar-refractivity contribution in [1.29, 1.82) is 0 Å². The molecule has 0 saturated carbocycles. The van der Waals surface area contributed by atoms with E-state index in [2.05, 4.69) is 50.5 Å². The number of nitrogens with zero attached hydrogens (tertiary/aromatic N) is 3. The highest BCUT2D eigenvalue weighted by Gasteiger charge is 2.03. The van der Waals surface area contributed by atoms with E-state index in [0.29, 0.717) is 6.54 Å². The maximum atomic E-state index is 4.61. The van der Waals surface area contributed by atoms with Crippen molar-refractivity contribution >= 4 is 52.3 Å². The van der Waals surface area contributed by atoms with Gasteiger partial charge in [0.05, 0.1) is 17.6 Å². The minimum atomic E-state index is 0. The zero-order valence-electron chi connectivity index (χ0n) is 15.1. The maximum absolute atomic E-state index is 4.61. The summed E-state index contributed by atoms with van der Waals surface area (Å²) in [6.45, 7) is 6.43. The highest BCUT2D eigenvalue weighted by molar-refractivity contribution is 14.0. The van der Waals surface area contributed by atoms with Crippen molar-refractivity contribution in [3.05, 3.63) is 46.2 Å². The quantitative estimate of drug-likeness (QED) is 0.207. The maximum Gasteiger partial charge on any atom is 0.191 e. The van der Waals surface area contributed by atoms with Crippen LogP contribution in [-0.2, 0) is 13.0 Å². The number of thiazole rings is 1. The van der Waals surface area contributed by atoms with Gasteiger partial charge in [0.2, 0.25) is 0 Å². The first-order valence-electron chi connectivity index (χ1n) is 8.61. The lowest BCUT2D eigenvalue weighted by Gasteiger charge is -2.10. The molecule has 3 aromatic rings. The summed E-state index contributed by atoms with van der Waals surface area (Å²) in [6, 6.07) is 8.12. The van der Waals surface area contributed by atoms with Crippen molar-refractivity contribution < 1.29 is 0 Å². The van der Waals surface area contributed by atoms with Gasteiger partial charge in [-0.15, -0.1) is 35.3 Å². The Morgan fingerprint density at radius 2 is 2.12 bits per heavy atom. The number of rotatable bonds is 7. The van der Waals surface area contributed by atoms with Gasteiger partial charge in [0.15, 0.2) is 5.96 Å². The van der Waals surface area contributed by atoms with Crippen LogP contribution >= 0.6 is 35.3 Å². The lowest BCUT2D eigenvalue weighted by atomic mass is 10.3. The molecular formula is C18H25IN6S. The number of benzene rings is 1. The minimum Gasteiger partial charge on any atom is -0.357 e. The van der Waals surface area contributed by atoms with Gasteiger partial charge in [0, 0.05) is 30.6 Å². The highest BCUT2D eigenvalue weighted by atomic mass is 127. The van der Waals surface area contributed by atoms with E-state index in [1.165, 1.54) is 4.88 Å². The molecule has 0 saturated heterocycles. The van der Waals surface area contributed by atoms with Gasteiger partial charge in [-0.3, -0.25) is 0 Å². The van der Waals surface area contributed by atoms with E-state index in [1.54, 1.807) is 11.3 Å². The second kappa shape index (κ2) is 10.5. The van der Waals surface area contributed by atoms with Crippen molar-refractivity contribution in [3.8, 4) is 0 Å². The predicted octanol–water partition coefficient (Wildman–Crippen LogP) is 3.63. The highest BCUT2D eigenvalue weighted by Crippen LogP contribution is 2.12. The van der Waals surface area contributed by atoms with Gasteiger partial charge in [-0.05, 0) is 32.4 Å². The van der Waals surface area contributed by atoms with Crippen LogP contribution in [0.25, 0.3) is 11.0 Å². The summed E-state index contributed by atoms with van der Waals surface area (Å²) in [4.78, 5) is 18.1. The number of hydrogen-bond donors (Lipinski definition) is 3. The number of hydrogen-bond acceptors (Lipinski definition) is 4. The van der Waals surface area contributed by atoms with Crippen LogP contribution in [0.2, 0.25) is 0 Å². The summed E-state index contributed by atoms with van der Waals surface area (Å²) in [7, 11) is 0. The Labute approximate surface area is 175 Å². The van der Waals surface area contributed by atoms with Crippen LogP contribution in [-0.4, -0.2) is 34.0 Å². The Morgan fingerprint density at radius 3 is 2.85 bits per heavy atom. The molecule has 6 nitrogen and oxygen atoms in total. The third-order valence-electron chi connectivity index (χ3n) is 3.71. The molecule has 0 radical (unpaired) electrons. The molecule has 140 valence electrons. The summed E-state index contributed by atoms with van der Waals surface area (Å²) in [6.07, 6.45) is 3.79. The molecule has 0 unspecified atom stereocenters. The molecule has 8 heteroatoms. The van der Waals surface area contributed by atoms with Crippen LogP contribution in [0, 0.1) is 6.92 Å². The lowest BCUT2D eigenvalue weighted by Crippen LogP contribution is -2.37. The van der Waals surface area contributed by atoms with Gasteiger partial charge in [0.1, 0.15) is 10.8 Å². The van der Waals surface area contributed by atoms with E-state index in [0.717, 1.165) is 53.8 Å². The lowest BCUT2D eigenvalue weighted by molar-refractivity contribution is 0.727. The SMILES string of the molecule is CCNC(=NCc1ncc(C)s1)NCCCc1nc2ccccc2[nH]1.I. The van der Waals surface area contributed by atoms with Crippen molar-refractivity contribution in [3.63, 3.8) is 0 Å². The topological polar surface area (TPSA) is 78.0 Å². The average molecular weight is 484 g/mol. The summed E-state index contributed by atoms with van der Waals surface area (Å²) in [5.74, 6) is 1.86. The molecule has 2 heterocycles. The molecule has 2 aromatic heterocycles. The van der Waals surface area contributed by atoms with Crippen molar-refractivity contribution in [2.24, 2.45) is 4.99 Å². The van der Waals surface area contributed by atoms with Crippen LogP contribution in [0.5, 0.6) is 0 Å². The van der Waals surface area contributed by atoms with Gasteiger partial charge < -0.3 is 15.6 Å². The summed E-state index contributed by atoms with van der Waals surface area (Å²) in [5, 5.41) is 7.69. The average Bonchev–Trinajstić information content (AvgIpc) is 3.21. The number of halogens is 1. The van der Waals surface area contributed by atoms with E-state index in [9.17, 15) is 0 Å². The molecular weight excluding hydrogens is 459 g/mol. The van der Waals surface area contributed by atoms with E-state index in [-0.39, 0.29) is 24.0 Å². The van der Waals surface area contributed by atoms with Crippen molar-refractivity contribution in [2.45, 2.75) is 33.2 Å². The number of guanidine groups is 1. The number of para-hydroxylation sites is 2. The largest absolute Gasteiger partial charge is 0.357 e. The summed E-state index contributed by atoms with van der Waals surface area (Å²) >= 11 is 1.69. The number of aliphatic imine (C=N–C) groups is 1. The number of aromatic amines is 1. The number of H-pyrrole nitrogens is 1. The summed E-state index contributed by atoms with van der Waals surface area (Å²) < 4.78 is 0. The molecule has 0 amide bonds. The first-order valence-corrected chi connectivity index (χ1v) is 9.43. The van der Waals surface area contributed by atoms with E-state index in [4.69, 9.17) is 0 Å². The second-order valence-corrected chi connectivity index (χ2v) is 7.11. The van der Waals surface area contributed by atoms with Crippen LogP contribution < -0.4 is 10.6 Å². The van der Waals surface area contributed by atoms with Crippen LogP contribution in [0.1, 0.15) is 29.1 Å². The standard InChI is InChI=1S/C18H24N6S.HI/c1-3-19-18(22-12-17-21-11-13(2)25-17)20-10-6-9-16-23-14-7-4-5-8-15(14)24-16;/h4-5,7-8,11H,3,6,9-10,12H2,1-2H3,(H,23,24)(H2,19,20,22);1H. The number of aryl methyl sites for hydroxylation is 2. The van der Waals surface area contributed by atoms with E-state index < -0.39 is 0 Å². The molecule has 0 bridgehead atoms. The molecule has 3 N–H and O–H groups in total. The third-order valence-corrected chi connectivity index (χ3v) is 4.60. The van der Waals surface area contributed by atoms with Gasteiger partial charge in [-0.2, -0.15) is 0 Å². The fraction of sp³-hybridized carbons (Fsp3) is 0.389. The Bertz CT molecular complexity index is 808. The van der Waals surface area contributed by atoms with Gasteiger partial charge in [-0.25, -0.2) is 15.0 Å². The van der Waals surface area contributed by atoms with Crippen LogP contribution in [0.3, 0.4) is 0 Å². The predicted molar refractivity (Wildman–Crippen MR) is 119 cm³/mol. The molecule has 0 spiro atoms. The zero-order valence-corrected chi connectivity index (χ0v) is 18.2. The molecule has 0 aliphatic rings. The van der Waals surface area contributed by atoms with E-state index in [1.807, 2.05) is 24.4 Å². The molecule has 0 aliphatic heterocycles. The Balaban J connectivity index is 0.00000243. The fourth-order valence-corrected chi connectivity index (χ4v) is 3.26. The number of imidazole rings is 1. The van der Waals surface area contributed by atoms with Crippen molar-refractivity contribution in [2.75, 3.05) is 13.1 Å². The minimum absolute atomic E-state index is 0. The molecule has 1 aromatic carbocycles. The van der Waals surface area contributed by atoms with E-state index >= 15 is 0 Å². The van der Waals surface area contributed by atoms with Gasteiger partial charge in [0.25, 0.3) is 0 Å². The molecule has 0 fully saturated rings. The smallest absolute Gasteiger partial charge is 0.191 e. The van der Waals surface area contributed by atoms with Crippen LogP contribution in [0.4, 0.5) is 0 Å². The number of aromatic nitrogens is 3.